The number of anilines is 1. The zero-order valence-electron chi connectivity index (χ0n) is 26.6. The van der Waals surface area contributed by atoms with Gasteiger partial charge in [0.2, 0.25) is 5.60 Å². The third kappa shape index (κ3) is 3.91. The fraction of sp³-hybridized carbons (Fsp3) is 0.289. The SMILES string of the molecule is COc1ccc(C2C(c3c(Cl)cccc3Cl)=NO[C@]23CC[C@]2(C3=O)C(c3ccc(OC)cc3)CN(C)C23C(=O)Nc2ccccc23)cc1. The van der Waals surface area contributed by atoms with Crippen LogP contribution in [0.1, 0.15) is 46.9 Å². The second-order valence-electron chi connectivity index (χ2n) is 13.0. The number of hydrogen-bond donors (Lipinski definition) is 1. The number of fused-ring (bicyclic) bond motifs is 3. The van der Waals surface area contributed by atoms with E-state index in [4.69, 9.17) is 37.5 Å². The van der Waals surface area contributed by atoms with Gasteiger partial charge in [0.1, 0.15) is 22.7 Å². The highest BCUT2D eigenvalue weighted by molar-refractivity contribution is 6.41. The number of nitrogens with zero attached hydrogens (tertiary/aromatic N) is 2. The van der Waals surface area contributed by atoms with Gasteiger partial charge in [-0.25, -0.2) is 0 Å². The molecule has 48 heavy (non-hydrogen) atoms. The summed E-state index contributed by atoms with van der Waals surface area (Å²) in [5, 5.41) is 8.59. The number of carbonyl (C=O) groups excluding carboxylic acids is 2. The predicted molar refractivity (Wildman–Crippen MR) is 184 cm³/mol. The summed E-state index contributed by atoms with van der Waals surface area (Å²) in [4.78, 5) is 39.2. The van der Waals surface area contributed by atoms with Crippen molar-refractivity contribution in [3.63, 3.8) is 0 Å². The van der Waals surface area contributed by atoms with Crippen LogP contribution in [0.5, 0.6) is 11.5 Å². The third-order valence-corrected chi connectivity index (χ3v) is 11.7. The van der Waals surface area contributed by atoms with Crippen LogP contribution < -0.4 is 14.8 Å². The molecule has 3 aliphatic heterocycles. The van der Waals surface area contributed by atoms with Gasteiger partial charge in [0.25, 0.3) is 5.91 Å². The summed E-state index contributed by atoms with van der Waals surface area (Å²) < 4.78 is 10.9. The molecule has 2 fully saturated rings. The van der Waals surface area contributed by atoms with E-state index in [1.165, 1.54) is 0 Å². The molecule has 1 amide bonds. The highest BCUT2D eigenvalue weighted by atomic mass is 35.5. The summed E-state index contributed by atoms with van der Waals surface area (Å²) in [6, 6.07) is 28.3. The molecule has 1 N–H and O–H groups in total. The Morgan fingerprint density at radius 1 is 0.833 bits per heavy atom. The molecule has 4 aromatic rings. The van der Waals surface area contributed by atoms with Crippen LogP contribution in [0.3, 0.4) is 0 Å². The van der Waals surface area contributed by atoms with Gasteiger partial charge in [-0.2, -0.15) is 0 Å². The number of hydrogen-bond acceptors (Lipinski definition) is 7. The number of ether oxygens (including phenoxy) is 2. The Labute approximate surface area is 288 Å². The minimum atomic E-state index is -1.45. The molecule has 0 aromatic heterocycles. The molecule has 1 saturated heterocycles. The van der Waals surface area contributed by atoms with Crippen molar-refractivity contribution in [2.75, 3.05) is 33.1 Å². The van der Waals surface area contributed by atoms with E-state index >= 15 is 4.79 Å². The zero-order valence-corrected chi connectivity index (χ0v) is 28.1. The maximum Gasteiger partial charge on any atom is 0.250 e. The third-order valence-electron chi connectivity index (χ3n) is 11.1. The van der Waals surface area contributed by atoms with Crippen LogP contribution >= 0.6 is 23.2 Å². The van der Waals surface area contributed by atoms with Gasteiger partial charge in [-0.15, -0.1) is 0 Å². The number of likely N-dealkylation sites (N-methyl/N-ethyl adjacent to an activating group) is 1. The van der Waals surface area contributed by atoms with Crippen LogP contribution in [-0.4, -0.2) is 55.7 Å². The molecule has 8 nitrogen and oxygen atoms in total. The second kappa shape index (κ2) is 11.1. The van der Waals surface area contributed by atoms with Crippen LogP contribution in [0.25, 0.3) is 0 Å². The normalized spacial score (nSPS) is 29.0. The molecule has 8 rings (SSSR count). The first-order chi connectivity index (χ1) is 23.2. The second-order valence-corrected chi connectivity index (χ2v) is 13.8. The van der Waals surface area contributed by atoms with E-state index in [9.17, 15) is 4.79 Å². The fourth-order valence-corrected chi connectivity index (χ4v) is 9.68. The lowest BCUT2D eigenvalue weighted by Crippen LogP contribution is -2.60. The first kappa shape index (κ1) is 30.9. The molecule has 3 heterocycles. The van der Waals surface area contributed by atoms with Crippen molar-refractivity contribution in [2.24, 2.45) is 10.6 Å². The number of amides is 1. The summed E-state index contributed by atoms with van der Waals surface area (Å²) in [5.41, 5.74) is 0.237. The number of carbonyl (C=O) groups is 2. The molecular formula is C38H33Cl2N3O5. The molecule has 0 radical (unpaired) electrons. The maximum atomic E-state index is 16.1. The van der Waals surface area contributed by atoms with Gasteiger partial charge in [-0.05, 0) is 73.5 Å². The van der Waals surface area contributed by atoms with Gasteiger partial charge in [0.15, 0.2) is 5.78 Å². The molecule has 4 aromatic carbocycles. The number of rotatable bonds is 5. The Morgan fingerprint density at radius 2 is 1.46 bits per heavy atom. The van der Waals surface area contributed by atoms with Gasteiger partial charge >= 0.3 is 0 Å². The minimum absolute atomic E-state index is 0.172. The Balaban J connectivity index is 1.36. The zero-order chi connectivity index (χ0) is 33.4. The average molecular weight is 683 g/mol. The van der Waals surface area contributed by atoms with E-state index in [1.54, 1.807) is 32.4 Å². The number of para-hydroxylation sites is 1. The average Bonchev–Trinajstić information content (AvgIpc) is 3.80. The predicted octanol–water partition coefficient (Wildman–Crippen LogP) is 7.19. The number of benzene rings is 4. The maximum absolute atomic E-state index is 16.1. The largest absolute Gasteiger partial charge is 0.497 e. The summed E-state index contributed by atoms with van der Waals surface area (Å²) in [5.74, 6) is -0.0421. The molecule has 10 heteroatoms. The van der Waals surface area contributed by atoms with E-state index < -0.39 is 22.5 Å². The number of likely N-dealkylation sites (tertiary alicyclic amines) is 1. The van der Waals surface area contributed by atoms with E-state index in [0.29, 0.717) is 57.9 Å². The van der Waals surface area contributed by atoms with Gasteiger partial charge in [-0.3, -0.25) is 14.5 Å². The number of halogens is 2. The molecule has 0 bridgehead atoms. The smallest absolute Gasteiger partial charge is 0.250 e. The Kier molecular flexibility index (Phi) is 7.14. The number of oxime groups is 1. The summed E-state index contributed by atoms with van der Waals surface area (Å²) in [7, 11) is 5.17. The fourth-order valence-electron chi connectivity index (χ4n) is 9.09. The van der Waals surface area contributed by atoms with Gasteiger partial charge in [-0.1, -0.05) is 76.9 Å². The Hall–Kier alpha value is -4.37. The molecule has 244 valence electrons. The van der Waals surface area contributed by atoms with Crippen LogP contribution in [0.4, 0.5) is 5.69 Å². The summed E-state index contributed by atoms with van der Waals surface area (Å²) in [6.07, 6.45) is 0.690. The highest BCUT2D eigenvalue weighted by Gasteiger charge is 2.80. The van der Waals surface area contributed by atoms with Crippen molar-refractivity contribution in [3.05, 3.63) is 123 Å². The van der Waals surface area contributed by atoms with E-state index in [-0.39, 0.29) is 17.6 Å². The molecule has 1 aliphatic carbocycles. The van der Waals surface area contributed by atoms with Crippen molar-refractivity contribution in [1.82, 2.24) is 4.90 Å². The number of methoxy groups -OCH3 is 2. The van der Waals surface area contributed by atoms with Crippen molar-refractivity contribution in [1.29, 1.82) is 0 Å². The van der Waals surface area contributed by atoms with Crippen molar-refractivity contribution in [3.8, 4) is 11.5 Å². The first-order valence-electron chi connectivity index (χ1n) is 15.9. The highest BCUT2D eigenvalue weighted by Crippen LogP contribution is 2.70. The standard InChI is InChI=1S/C38H33Cl2N3O5/c1-43-21-27(22-11-15-24(46-2)16-12-22)36(38(43)26-7-4-5-10-30(26)41-35(38)45)19-20-37(34(36)44)32(23-13-17-25(47-3)18-14-23)33(42-48-37)31-28(39)8-6-9-29(31)40/h4-18,27,32H,19-21H2,1-3H3,(H,41,45)/t27?,32?,36-,37-,38?/m1/s1. The molecule has 3 spiro atoms. The van der Waals surface area contributed by atoms with Gasteiger partial charge in [0, 0.05) is 29.3 Å². The quantitative estimate of drug-likeness (QED) is 0.240. The molecule has 3 unspecified atom stereocenters. The lowest BCUT2D eigenvalue weighted by molar-refractivity contribution is -0.154. The van der Waals surface area contributed by atoms with Crippen LogP contribution in [0, 0.1) is 5.41 Å². The van der Waals surface area contributed by atoms with Crippen LogP contribution in [-0.2, 0) is 20.0 Å². The summed E-state index contributed by atoms with van der Waals surface area (Å²) in [6.45, 7) is 0.465. The van der Waals surface area contributed by atoms with E-state index in [0.717, 1.165) is 16.7 Å². The Morgan fingerprint density at radius 3 is 2.10 bits per heavy atom. The van der Waals surface area contributed by atoms with Crippen LogP contribution in [0.15, 0.2) is 96.2 Å². The molecule has 4 aliphatic rings. The lowest BCUT2D eigenvalue weighted by Gasteiger charge is -2.44. The minimum Gasteiger partial charge on any atom is -0.497 e. The Bertz CT molecular complexity index is 1980. The van der Waals surface area contributed by atoms with Gasteiger partial charge in [0.05, 0.1) is 35.6 Å². The monoisotopic (exact) mass is 681 g/mol. The van der Waals surface area contributed by atoms with Crippen molar-refractivity contribution < 1.29 is 23.9 Å². The van der Waals surface area contributed by atoms with E-state index in [2.05, 4.69) is 15.4 Å². The lowest BCUT2D eigenvalue weighted by atomic mass is 9.58. The van der Waals surface area contributed by atoms with Gasteiger partial charge < -0.3 is 19.6 Å². The first-order valence-corrected chi connectivity index (χ1v) is 16.6. The number of ketones is 1. The topological polar surface area (TPSA) is 89.5 Å². The van der Waals surface area contributed by atoms with Crippen molar-refractivity contribution >= 4 is 46.3 Å². The van der Waals surface area contributed by atoms with Crippen LogP contribution in [0.2, 0.25) is 10.0 Å². The van der Waals surface area contributed by atoms with Crippen molar-refractivity contribution in [2.45, 2.75) is 35.8 Å². The van der Waals surface area contributed by atoms with E-state index in [1.807, 2.05) is 79.8 Å². The molecule has 1 saturated carbocycles. The molecular weight excluding hydrogens is 649 g/mol. The number of Topliss-reactive ketones (excluding diaryl/α,β-unsaturated/α-hetero) is 1. The molecule has 5 atom stereocenters. The summed E-state index contributed by atoms with van der Waals surface area (Å²) >= 11 is 13.6. The number of nitrogens with one attached hydrogen (secondary N) is 1.